The number of amides is 1. The van der Waals surface area contributed by atoms with Gasteiger partial charge in [-0.15, -0.1) is 0 Å². The van der Waals surface area contributed by atoms with Gasteiger partial charge in [0.2, 0.25) is 0 Å². The molecule has 1 amide bonds. The molecule has 6 nitrogen and oxygen atoms in total. The van der Waals surface area contributed by atoms with Crippen molar-refractivity contribution in [1.29, 1.82) is 0 Å². The maximum absolute atomic E-state index is 12.5. The molecule has 1 atom stereocenters. The van der Waals surface area contributed by atoms with Crippen LogP contribution in [0, 0.1) is 6.92 Å². The van der Waals surface area contributed by atoms with Gasteiger partial charge in [0.1, 0.15) is 6.04 Å². The van der Waals surface area contributed by atoms with Crippen LogP contribution in [0.25, 0.3) is 0 Å². The number of carboxylic acid groups (broad SMARTS) is 1. The number of sulfone groups is 1. The van der Waals surface area contributed by atoms with Crippen molar-refractivity contribution in [3.63, 3.8) is 0 Å². The summed E-state index contributed by atoms with van der Waals surface area (Å²) >= 11 is 12.1. The lowest BCUT2D eigenvalue weighted by molar-refractivity contribution is -0.139. The minimum Gasteiger partial charge on any atom is -0.480 e. The van der Waals surface area contributed by atoms with E-state index in [9.17, 15) is 23.1 Å². The molecule has 0 aromatic heterocycles. The van der Waals surface area contributed by atoms with E-state index >= 15 is 0 Å². The molecule has 2 aromatic carbocycles. The molecule has 0 spiro atoms. The molecule has 0 aliphatic rings. The number of aryl methyl sites for hydroxylation is 1. The quantitative estimate of drug-likeness (QED) is 0.734. The van der Waals surface area contributed by atoms with Crippen molar-refractivity contribution >= 4 is 44.9 Å². The third-order valence-corrected chi connectivity index (χ3v) is 5.49. The molecule has 0 aliphatic heterocycles. The monoisotopic (exact) mass is 429 g/mol. The van der Waals surface area contributed by atoms with Crippen molar-refractivity contribution in [3.05, 3.63) is 63.1 Å². The SMILES string of the molecule is Cc1cc(Cl)c(C(=O)N[C@@H](Cc2cccc(S(C)(=O)=O)c2)C(=O)O)c(Cl)c1. The second-order valence-corrected chi connectivity index (χ2v) is 8.92. The van der Waals surface area contributed by atoms with E-state index in [4.69, 9.17) is 23.2 Å². The van der Waals surface area contributed by atoms with E-state index < -0.39 is 27.8 Å². The lowest BCUT2D eigenvalue weighted by atomic mass is 10.1. The van der Waals surface area contributed by atoms with E-state index in [1.807, 2.05) is 0 Å². The number of rotatable bonds is 6. The van der Waals surface area contributed by atoms with Crippen molar-refractivity contribution in [2.24, 2.45) is 0 Å². The number of nitrogens with one attached hydrogen (secondary N) is 1. The van der Waals surface area contributed by atoms with Gasteiger partial charge in [0.05, 0.1) is 20.5 Å². The predicted octanol–water partition coefficient (Wildman–Crippen LogP) is 3.13. The Hall–Kier alpha value is -2.09. The summed E-state index contributed by atoms with van der Waals surface area (Å²) in [5.74, 6) is -2.00. The summed E-state index contributed by atoms with van der Waals surface area (Å²) in [6.45, 7) is 1.76. The van der Waals surface area contributed by atoms with Crippen LogP contribution in [-0.2, 0) is 21.1 Å². The summed E-state index contributed by atoms with van der Waals surface area (Å²) in [5.41, 5.74) is 1.20. The minimum atomic E-state index is -3.43. The van der Waals surface area contributed by atoms with Crippen LogP contribution >= 0.6 is 23.2 Å². The first kappa shape index (κ1) is 21.2. The van der Waals surface area contributed by atoms with Crippen molar-refractivity contribution in [3.8, 4) is 0 Å². The van der Waals surface area contributed by atoms with Gasteiger partial charge in [0.15, 0.2) is 9.84 Å². The van der Waals surface area contributed by atoms with E-state index in [0.717, 1.165) is 11.8 Å². The summed E-state index contributed by atoms with van der Waals surface area (Å²) in [6, 6.07) is 7.70. The Balaban J connectivity index is 2.27. The van der Waals surface area contributed by atoms with Gasteiger partial charge in [0, 0.05) is 12.7 Å². The molecule has 0 aliphatic carbocycles. The lowest BCUT2D eigenvalue weighted by Gasteiger charge is -2.16. The van der Waals surface area contributed by atoms with Crippen molar-refractivity contribution in [1.82, 2.24) is 5.32 Å². The highest BCUT2D eigenvalue weighted by atomic mass is 35.5. The van der Waals surface area contributed by atoms with Crippen LogP contribution < -0.4 is 5.32 Å². The number of aliphatic carboxylic acids is 1. The molecule has 27 heavy (non-hydrogen) atoms. The highest BCUT2D eigenvalue weighted by Gasteiger charge is 2.24. The zero-order valence-electron chi connectivity index (χ0n) is 14.5. The molecule has 0 fully saturated rings. The molecule has 2 aromatic rings. The summed E-state index contributed by atoms with van der Waals surface area (Å²) in [4.78, 5) is 24.1. The molecular weight excluding hydrogens is 413 g/mol. The topological polar surface area (TPSA) is 101 Å². The summed E-state index contributed by atoms with van der Waals surface area (Å²) in [6.07, 6.45) is 0.954. The molecule has 0 heterocycles. The van der Waals surface area contributed by atoms with Crippen LogP contribution in [0.15, 0.2) is 41.3 Å². The minimum absolute atomic E-state index is 0.0138. The second kappa shape index (κ2) is 8.29. The predicted molar refractivity (Wildman–Crippen MR) is 103 cm³/mol. The maximum atomic E-state index is 12.5. The maximum Gasteiger partial charge on any atom is 0.326 e. The lowest BCUT2D eigenvalue weighted by Crippen LogP contribution is -2.42. The van der Waals surface area contributed by atoms with E-state index in [-0.39, 0.29) is 26.9 Å². The van der Waals surface area contributed by atoms with Crippen LogP contribution in [0.1, 0.15) is 21.5 Å². The normalized spacial score (nSPS) is 12.4. The number of carboxylic acids is 1. The first-order valence-corrected chi connectivity index (χ1v) is 10.4. The van der Waals surface area contributed by atoms with E-state index in [0.29, 0.717) is 5.56 Å². The molecule has 0 saturated carbocycles. The van der Waals surface area contributed by atoms with Gasteiger partial charge in [-0.1, -0.05) is 35.3 Å². The van der Waals surface area contributed by atoms with E-state index in [1.54, 1.807) is 25.1 Å². The summed E-state index contributed by atoms with van der Waals surface area (Å²) < 4.78 is 23.3. The van der Waals surface area contributed by atoms with Gasteiger partial charge in [-0.25, -0.2) is 13.2 Å². The van der Waals surface area contributed by atoms with Crippen LogP contribution in [0.2, 0.25) is 10.0 Å². The standard InChI is InChI=1S/C18H17Cl2NO5S/c1-10-6-13(19)16(14(20)7-10)17(22)21-15(18(23)24)9-11-4-3-5-12(8-11)27(2,25)26/h3-8,15H,9H2,1-2H3,(H,21,22)(H,23,24)/t15-/m0/s1. The molecule has 0 bridgehead atoms. The molecule has 2 rings (SSSR count). The highest BCUT2D eigenvalue weighted by Crippen LogP contribution is 2.26. The number of carbonyl (C=O) groups excluding carboxylic acids is 1. The zero-order valence-corrected chi connectivity index (χ0v) is 16.8. The third-order valence-electron chi connectivity index (χ3n) is 3.78. The van der Waals surface area contributed by atoms with Gasteiger partial charge < -0.3 is 10.4 Å². The number of hydrogen-bond donors (Lipinski definition) is 2. The Morgan fingerprint density at radius 2 is 1.74 bits per heavy atom. The molecular formula is C18H17Cl2NO5S. The Morgan fingerprint density at radius 1 is 1.15 bits per heavy atom. The Bertz CT molecular complexity index is 982. The Labute approximate surface area is 167 Å². The largest absolute Gasteiger partial charge is 0.480 e. The van der Waals surface area contributed by atoms with E-state index in [1.165, 1.54) is 18.2 Å². The van der Waals surface area contributed by atoms with Gasteiger partial charge in [-0.2, -0.15) is 0 Å². The first-order chi connectivity index (χ1) is 12.5. The fourth-order valence-corrected chi connectivity index (χ4v) is 3.95. The van der Waals surface area contributed by atoms with E-state index in [2.05, 4.69) is 5.32 Å². The second-order valence-electron chi connectivity index (χ2n) is 6.09. The van der Waals surface area contributed by atoms with Crippen LogP contribution in [0.4, 0.5) is 0 Å². The fourth-order valence-electron chi connectivity index (χ4n) is 2.49. The zero-order chi connectivity index (χ0) is 20.4. The molecule has 144 valence electrons. The van der Waals surface area contributed by atoms with Gasteiger partial charge in [-0.3, -0.25) is 4.79 Å². The average molecular weight is 430 g/mol. The Morgan fingerprint density at radius 3 is 2.26 bits per heavy atom. The summed E-state index contributed by atoms with van der Waals surface area (Å²) in [5, 5.41) is 12.1. The molecule has 2 N–H and O–H groups in total. The first-order valence-electron chi connectivity index (χ1n) is 7.77. The number of hydrogen-bond acceptors (Lipinski definition) is 4. The van der Waals surface area contributed by atoms with Crippen molar-refractivity contribution in [2.45, 2.75) is 24.3 Å². The van der Waals surface area contributed by atoms with Gasteiger partial charge >= 0.3 is 5.97 Å². The number of carbonyl (C=O) groups is 2. The summed E-state index contributed by atoms with van der Waals surface area (Å²) in [7, 11) is -3.43. The van der Waals surface area contributed by atoms with Gasteiger partial charge in [-0.05, 0) is 42.3 Å². The van der Waals surface area contributed by atoms with Crippen LogP contribution in [0.5, 0.6) is 0 Å². The van der Waals surface area contributed by atoms with Crippen LogP contribution in [0.3, 0.4) is 0 Å². The molecule has 9 heteroatoms. The fraction of sp³-hybridized carbons (Fsp3) is 0.222. The smallest absolute Gasteiger partial charge is 0.326 e. The van der Waals surface area contributed by atoms with Gasteiger partial charge in [0.25, 0.3) is 5.91 Å². The van der Waals surface area contributed by atoms with Crippen molar-refractivity contribution < 1.29 is 23.1 Å². The molecule has 0 saturated heterocycles. The average Bonchev–Trinajstić information content (AvgIpc) is 2.52. The molecule has 0 unspecified atom stereocenters. The highest BCUT2D eigenvalue weighted by molar-refractivity contribution is 7.90. The third kappa shape index (κ3) is 5.45. The van der Waals surface area contributed by atoms with Crippen molar-refractivity contribution in [2.75, 3.05) is 6.26 Å². The molecule has 0 radical (unpaired) electrons. The number of halogens is 2. The Kier molecular flexibility index (Phi) is 6.51. The van der Waals surface area contributed by atoms with Crippen LogP contribution in [-0.4, -0.2) is 37.7 Å². The number of benzene rings is 2.